The normalized spacial score (nSPS) is 19.1. The molecule has 1 saturated carbocycles. The summed E-state index contributed by atoms with van der Waals surface area (Å²) in [5.74, 6) is -9.29. The maximum Gasteiger partial charge on any atom is 0.228 e. The van der Waals surface area contributed by atoms with Crippen molar-refractivity contribution in [2.45, 2.75) is 36.9 Å². The van der Waals surface area contributed by atoms with Gasteiger partial charge in [0.25, 0.3) is 0 Å². The molecule has 1 aliphatic carbocycles. The number of hydrogen-bond donors (Lipinski definition) is 8. The maximum atomic E-state index is 13.4. The second kappa shape index (κ2) is 12.0. The fourth-order valence-electron chi connectivity index (χ4n) is 5.48. The molecule has 44 heavy (non-hydrogen) atoms. The zero-order valence-electron chi connectivity index (χ0n) is 23.0. The molecule has 4 aromatic rings. The van der Waals surface area contributed by atoms with Crippen LogP contribution >= 0.6 is 0 Å². The van der Waals surface area contributed by atoms with E-state index in [0.717, 1.165) is 12.1 Å². The lowest BCUT2D eigenvalue weighted by molar-refractivity contribution is -0.536. The molecule has 0 unspecified atom stereocenters. The van der Waals surface area contributed by atoms with E-state index in [1.54, 1.807) is 60.7 Å². The van der Waals surface area contributed by atoms with Crippen LogP contribution in [0.2, 0.25) is 0 Å². The molecule has 0 heterocycles. The van der Waals surface area contributed by atoms with E-state index in [9.17, 15) is 50.4 Å². The number of carbonyl (C=O) groups is 2. The van der Waals surface area contributed by atoms with Gasteiger partial charge in [0.05, 0.1) is 12.8 Å². The fraction of sp³-hybridized carbons (Fsp3) is 0.188. The molecule has 0 atom stereocenters. The first-order valence-electron chi connectivity index (χ1n) is 13.5. The van der Waals surface area contributed by atoms with E-state index < -0.39 is 92.9 Å². The zero-order chi connectivity index (χ0) is 31.7. The molecule has 1 fully saturated rings. The third kappa shape index (κ3) is 5.63. The van der Waals surface area contributed by atoms with Gasteiger partial charge in [-0.2, -0.15) is 0 Å². The van der Waals surface area contributed by atoms with Gasteiger partial charge in [-0.15, -0.1) is 12.2 Å². The first-order chi connectivity index (χ1) is 21.0. The Labute approximate surface area is 250 Å². The van der Waals surface area contributed by atoms with E-state index in [1.165, 1.54) is 0 Å². The van der Waals surface area contributed by atoms with Crippen LogP contribution < -0.4 is 20.8 Å². The quantitative estimate of drug-likeness (QED) is 0.108. The first kappa shape index (κ1) is 30.0. The molecule has 4 aromatic carbocycles. The second-order valence-corrected chi connectivity index (χ2v) is 10.5. The molecule has 0 radical (unpaired) electrons. The largest absolute Gasteiger partial charge is 0.851 e. The van der Waals surface area contributed by atoms with Crippen molar-refractivity contribution in [2.24, 2.45) is 0 Å². The highest BCUT2D eigenvalue weighted by molar-refractivity contribution is 5.97. The summed E-state index contributed by atoms with van der Waals surface area (Å²) in [6, 6.07) is 18.7. The van der Waals surface area contributed by atoms with Crippen molar-refractivity contribution in [2.75, 3.05) is 10.6 Å². The first-order valence-corrected chi connectivity index (χ1v) is 13.5. The highest BCUT2D eigenvalue weighted by Crippen LogP contribution is 2.57. The smallest absolute Gasteiger partial charge is 0.228 e. The van der Waals surface area contributed by atoms with Gasteiger partial charge in [-0.3, -0.25) is 9.59 Å². The Kier molecular flexibility index (Phi) is 8.21. The molecule has 5 rings (SSSR count). The lowest BCUT2D eigenvalue weighted by Gasteiger charge is -2.61. The van der Waals surface area contributed by atoms with Gasteiger partial charge in [0.2, 0.25) is 11.8 Å². The fourth-order valence-corrected chi connectivity index (χ4v) is 5.48. The van der Waals surface area contributed by atoms with Crippen molar-refractivity contribution in [1.29, 1.82) is 0 Å². The van der Waals surface area contributed by atoms with E-state index in [2.05, 4.69) is 10.6 Å². The summed E-state index contributed by atoms with van der Waals surface area (Å²) in [6.45, 7) is 0. The van der Waals surface area contributed by atoms with Crippen molar-refractivity contribution in [3.8, 4) is 34.5 Å². The molecule has 0 bridgehead atoms. The summed E-state index contributed by atoms with van der Waals surface area (Å²) >= 11 is 0. The average molecular weight is 601 g/mol. The number of anilines is 2. The van der Waals surface area contributed by atoms with Crippen LogP contribution in [-0.2, 0) is 22.4 Å². The Hall–Kier alpha value is -5.46. The van der Waals surface area contributed by atoms with E-state index in [-0.39, 0.29) is 12.8 Å². The summed E-state index contributed by atoms with van der Waals surface area (Å²) < 4.78 is 0. The standard InChI is InChI=1S/C32H28N2O10/c35-17-13-19(37)27(33-21(39)11-15-7-3-1-4-8-15)31(43)23(17)25-29(41)26(30(25)42)24-18(36)14-20(38)28(32(24)44)34-22(40)12-16-9-5-2-6-10-16/h1-10,13-14,25-26,29-30,35-38,43-44H,11-12H2,(H,33,39)(H,34,40)/q-2. The highest BCUT2D eigenvalue weighted by atomic mass is 16.3. The van der Waals surface area contributed by atoms with Gasteiger partial charge in [0.15, 0.2) is 0 Å². The van der Waals surface area contributed by atoms with Gasteiger partial charge < -0.3 is 51.5 Å². The lowest BCUT2D eigenvalue weighted by Crippen LogP contribution is -2.63. The number of phenolic OH excluding ortho intramolecular Hbond substituents is 6. The SMILES string of the molecule is O=C(Cc1ccccc1)Nc1c(O)cc(O)c(C2C([O-])C(c3c(O)cc(O)c(NC(=O)Cc4ccccc4)c3O)C2[O-])c1O. The molecule has 0 saturated heterocycles. The third-order valence-electron chi connectivity index (χ3n) is 7.62. The summed E-state index contributed by atoms with van der Waals surface area (Å²) in [7, 11) is 0. The number of hydrogen-bond acceptors (Lipinski definition) is 10. The number of rotatable bonds is 8. The van der Waals surface area contributed by atoms with Crippen LogP contribution in [0.3, 0.4) is 0 Å². The molecule has 12 nitrogen and oxygen atoms in total. The Bertz CT molecular complexity index is 1580. The minimum atomic E-state index is -1.96. The number of phenols is 6. The van der Waals surface area contributed by atoms with Crippen LogP contribution in [0.1, 0.15) is 34.1 Å². The van der Waals surface area contributed by atoms with Crippen LogP contribution in [0.15, 0.2) is 72.8 Å². The Morgan fingerprint density at radius 3 is 1.25 bits per heavy atom. The van der Waals surface area contributed by atoms with E-state index in [4.69, 9.17) is 0 Å². The summed E-state index contributed by atoms with van der Waals surface area (Å²) in [5, 5.41) is 95.1. The van der Waals surface area contributed by atoms with Crippen LogP contribution in [0.4, 0.5) is 11.4 Å². The van der Waals surface area contributed by atoms with Gasteiger partial charge in [-0.1, -0.05) is 60.7 Å². The zero-order valence-corrected chi connectivity index (χ0v) is 23.0. The number of amides is 2. The van der Waals surface area contributed by atoms with Crippen molar-refractivity contribution in [3.63, 3.8) is 0 Å². The minimum Gasteiger partial charge on any atom is -0.851 e. The molecule has 0 aromatic heterocycles. The monoisotopic (exact) mass is 600 g/mol. The van der Waals surface area contributed by atoms with Gasteiger partial charge in [0.1, 0.15) is 45.9 Å². The topological polar surface area (TPSA) is 226 Å². The highest BCUT2D eigenvalue weighted by Gasteiger charge is 2.44. The number of carbonyl (C=O) groups excluding carboxylic acids is 2. The average Bonchev–Trinajstić information content (AvgIpc) is 2.98. The van der Waals surface area contributed by atoms with Crippen molar-refractivity contribution < 1.29 is 50.4 Å². The van der Waals surface area contributed by atoms with E-state index in [0.29, 0.717) is 11.1 Å². The Morgan fingerprint density at radius 1 is 0.568 bits per heavy atom. The van der Waals surface area contributed by atoms with Gasteiger partial charge in [-0.05, 0) is 23.0 Å². The predicted octanol–water partition coefficient (Wildman–Crippen LogP) is 1.62. The molecule has 0 aliphatic heterocycles. The molecule has 0 spiro atoms. The molecular weight excluding hydrogens is 572 g/mol. The van der Waals surface area contributed by atoms with Crippen LogP contribution in [0.25, 0.3) is 0 Å². The van der Waals surface area contributed by atoms with Crippen LogP contribution in [-0.4, -0.2) is 54.7 Å². The summed E-state index contributed by atoms with van der Waals surface area (Å²) in [4.78, 5) is 25.2. The van der Waals surface area contributed by atoms with Crippen molar-refractivity contribution >= 4 is 23.2 Å². The molecular formula is C32H28N2O10-2. The number of nitrogens with one attached hydrogen (secondary N) is 2. The van der Waals surface area contributed by atoms with E-state index in [1.807, 2.05) is 0 Å². The van der Waals surface area contributed by atoms with E-state index >= 15 is 0 Å². The number of benzene rings is 4. The Balaban J connectivity index is 1.40. The Morgan fingerprint density at radius 2 is 0.909 bits per heavy atom. The van der Waals surface area contributed by atoms with Gasteiger partial charge >= 0.3 is 0 Å². The molecule has 1 aliphatic rings. The van der Waals surface area contributed by atoms with Crippen molar-refractivity contribution in [1.82, 2.24) is 0 Å². The van der Waals surface area contributed by atoms with Crippen molar-refractivity contribution in [3.05, 3.63) is 95.1 Å². The number of aromatic hydroxyl groups is 6. The maximum absolute atomic E-state index is 13.4. The molecule has 12 heteroatoms. The summed E-state index contributed by atoms with van der Waals surface area (Å²) in [5.41, 5.74) is -0.812. The molecule has 2 amide bonds. The van der Waals surface area contributed by atoms with Gasteiger partial charge in [-0.25, -0.2) is 0 Å². The molecule has 228 valence electrons. The lowest BCUT2D eigenvalue weighted by atomic mass is 9.62. The van der Waals surface area contributed by atoms with Crippen LogP contribution in [0.5, 0.6) is 34.5 Å². The minimum absolute atomic E-state index is 0.126. The molecule has 8 N–H and O–H groups in total. The van der Waals surface area contributed by atoms with Gasteiger partial charge in [0, 0.05) is 23.3 Å². The predicted molar refractivity (Wildman–Crippen MR) is 153 cm³/mol. The second-order valence-electron chi connectivity index (χ2n) is 10.5. The van der Waals surface area contributed by atoms with Crippen LogP contribution in [0, 0.1) is 0 Å². The third-order valence-corrected chi connectivity index (χ3v) is 7.62. The summed E-state index contributed by atoms with van der Waals surface area (Å²) in [6.07, 6.45) is -4.17.